The molecule has 0 radical (unpaired) electrons. The average Bonchev–Trinajstić information content (AvgIpc) is 2.97. The van der Waals surface area contributed by atoms with E-state index in [4.69, 9.17) is 4.74 Å². The van der Waals surface area contributed by atoms with Gasteiger partial charge in [-0.15, -0.1) is 0 Å². The van der Waals surface area contributed by atoms with E-state index in [1.165, 1.54) is 18.5 Å². The number of nitrogens with zero attached hydrogens (tertiary/aromatic N) is 4. The van der Waals surface area contributed by atoms with E-state index in [2.05, 4.69) is 36.9 Å². The van der Waals surface area contributed by atoms with E-state index in [1.807, 2.05) is 24.3 Å². The van der Waals surface area contributed by atoms with E-state index < -0.39 is 26.6 Å². The summed E-state index contributed by atoms with van der Waals surface area (Å²) in [5.74, 6) is -0.998. The number of piperazine rings is 1. The van der Waals surface area contributed by atoms with Crippen molar-refractivity contribution in [1.29, 1.82) is 0 Å². The van der Waals surface area contributed by atoms with Gasteiger partial charge in [0, 0.05) is 55.7 Å². The summed E-state index contributed by atoms with van der Waals surface area (Å²) in [4.78, 5) is 12.4. The van der Waals surface area contributed by atoms with Crippen LogP contribution in [0.2, 0.25) is 0 Å². The Labute approximate surface area is 244 Å². The van der Waals surface area contributed by atoms with Gasteiger partial charge in [0.25, 0.3) is 10.0 Å². The van der Waals surface area contributed by atoms with Gasteiger partial charge in [-0.2, -0.15) is 0 Å². The zero-order valence-electron chi connectivity index (χ0n) is 23.1. The largest absolute Gasteiger partial charge is 0.494 e. The van der Waals surface area contributed by atoms with Gasteiger partial charge in [-0.25, -0.2) is 27.2 Å². The van der Waals surface area contributed by atoms with Crippen LogP contribution in [0.4, 0.5) is 26.0 Å². The predicted molar refractivity (Wildman–Crippen MR) is 158 cm³/mol. The second-order valence-electron chi connectivity index (χ2n) is 10.0. The van der Waals surface area contributed by atoms with Crippen molar-refractivity contribution >= 4 is 27.2 Å². The molecule has 1 aliphatic rings. The Balaban J connectivity index is 1.15. The van der Waals surface area contributed by atoms with E-state index >= 15 is 0 Å². The Kier molecular flexibility index (Phi) is 9.25. The van der Waals surface area contributed by atoms with E-state index in [1.54, 1.807) is 18.2 Å². The first-order valence-electron chi connectivity index (χ1n) is 13.6. The summed E-state index contributed by atoms with van der Waals surface area (Å²) in [6.45, 7) is 6.13. The quantitative estimate of drug-likeness (QED) is 0.235. The predicted octanol–water partition coefficient (Wildman–Crippen LogP) is 4.98. The van der Waals surface area contributed by atoms with Crippen LogP contribution in [0.3, 0.4) is 0 Å². The number of benzene rings is 3. The Bertz CT molecular complexity index is 1580. The number of ether oxygens (including phenoxy) is 1. The summed E-state index contributed by atoms with van der Waals surface area (Å²) in [6, 6.07) is 18.6. The van der Waals surface area contributed by atoms with Crippen molar-refractivity contribution in [2.24, 2.45) is 0 Å². The monoisotopic (exact) mass is 594 g/mol. The number of nitrogens with one attached hydrogen (secondary N) is 2. The Morgan fingerprint density at radius 1 is 0.881 bits per heavy atom. The van der Waals surface area contributed by atoms with Crippen LogP contribution in [0.25, 0.3) is 11.3 Å². The first-order chi connectivity index (χ1) is 20.3. The number of aromatic nitrogens is 2. The lowest BCUT2D eigenvalue weighted by atomic mass is 10.1. The standard InChI is InChI=1S/C30H32F2N6O3S/c1-37-15-17-38(18-16-37)14-3-19-41-25-12-6-22(7-13-25)28-20-29(34-21-33-28)35-23-8-10-24(11-9-23)36-42(39,40)30-26(31)4-2-5-27(30)32/h2,4-13,20-21,36H,3,14-19H2,1H3,(H,33,34,35). The maximum atomic E-state index is 14.0. The molecule has 220 valence electrons. The first-order valence-corrected chi connectivity index (χ1v) is 15.1. The maximum Gasteiger partial charge on any atom is 0.267 e. The second kappa shape index (κ2) is 13.2. The van der Waals surface area contributed by atoms with Crippen LogP contribution in [0.5, 0.6) is 5.75 Å². The summed E-state index contributed by atoms with van der Waals surface area (Å²) >= 11 is 0. The molecule has 9 nitrogen and oxygen atoms in total. The molecule has 2 N–H and O–H groups in total. The highest BCUT2D eigenvalue weighted by molar-refractivity contribution is 7.92. The van der Waals surface area contributed by atoms with E-state index in [9.17, 15) is 17.2 Å². The molecule has 42 heavy (non-hydrogen) atoms. The molecule has 5 rings (SSSR count). The van der Waals surface area contributed by atoms with E-state index in [0.717, 1.165) is 68.7 Å². The zero-order chi connectivity index (χ0) is 29.5. The first kappa shape index (κ1) is 29.4. The Morgan fingerprint density at radius 2 is 1.55 bits per heavy atom. The molecule has 0 spiro atoms. The molecule has 1 aromatic heterocycles. The van der Waals surface area contributed by atoms with Gasteiger partial charge in [0.1, 0.15) is 29.5 Å². The summed E-state index contributed by atoms with van der Waals surface area (Å²) < 4.78 is 61.1. The fraction of sp³-hybridized carbons (Fsp3) is 0.267. The highest BCUT2D eigenvalue weighted by atomic mass is 32.2. The van der Waals surface area contributed by atoms with E-state index in [-0.39, 0.29) is 5.69 Å². The minimum atomic E-state index is -4.45. The molecule has 3 aromatic carbocycles. The lowest BCUT2D eigenvalue weighted by Gasteiger charge is -2.32. The lowest BCUT2D eigenvalue weighted by Crippen LogP contribution is -2.44. The van der Waals surface area contributed by atoms with Crippen LogP contribution in [0.15, 0.2) is 84.0 Å². The van der Waals surface area contributed by atoms with Crippen molar-refractivity contribution in [2.75, 3.05) is 56.4 Å². The van der Waals surface area contributed by atoms with Gasteiger partial charge in [0.15, 0.2) is 4.90 Å². The molecule has 2 heterocycles. The number of hydrogen-bond donors (Lipinski definition) is 2. The third-order valence-electron chi connectivity index (χ3n) is 6.90. The SMILES string of the molecule is CN1CCN(CCCOc2ccc(-c3cc(Nc4ccc(NS(=O)(=O)c5c(F)cccc5F)cc4)ncn3)cc2)CC1. The van der Waals surface area contributed by atoms with Crippen molar-refractivity contribution in [2.45, 2.75) is 11.3 Å². The molecule has 0 unspecified atom stereocenters. The number of likely N-dealkylation sites (N-methyl/N-ethyl adjacent to an activating group) is 1. The van der Waals surface area contributed by atoms with Crippen LogP contribution in [0.1, 0.15) is 6.42 Å². The third-order valence-corrected chi connectivity index (χ3v) is 8.33. The fourth-order valence-electron chi connectivity index (χ4n) is 4.57. The summed E-state index contributed by atoms with van der Waals surface area (Å²) in [7, 11) is -2.30. The van der Waals surface area contributed by atoms with Gasteiger partial charge in [0.05, 0.1) is 12.3 Å². The molecule has 1 fully saturated rings. The molecular weight excluding hydrogens is 562 g/mol. The molecule has 4 aromatic rings. The fourth-order valence-corrected chi connectivity index (χ4v) is 5.77. The van der Waals surface area contributed by atoms with Gasteiger partial charge in [-0.3, -0.25) is 4.72 Å². The van der Waals surface area contributed by atoms with Crippen LogP contribution < -0.4 is 14.8 Å². The molecular formula is C30H32F2N6O3S. The van der Waals surface area contributed by atoms with Crippen LogP contribution in [-0.2, 0) is 10.0 Å². The summed E-state index contributed by atoms with van der Waals surface area (Å²) in [6.07, 6.45) is 2.43. The van der Waals surface area contributed by atoms with Crippen molar-refractivity contribution in [3.63, 3.8) is 0 Å². The van der Waals surface area contributed by atoms with Crippen molar-refractivity contribution in [3.05, 3.63) is 90.8 Å². The topological polar surface area (TPSA) is 99.7 Å². The molecule has 0 amide bonds. The van der Waals surface area contributed by atoms with Gasteiger partial charge in [0.2, 0.25) is 0 Å². The highest BCUT2D eigenvalue weighted by Gasteiger charge is 2.23. The van der Waals surface area contributed by atoms with Crippen molar-refractivity contribution in [1.82, 2.24) is 19.8 Å². The van der Waals surface area contributed by atoms with Crippen molar-refractivity contribution < 1.29 is 21.9 Å². The molecule has 0 saturated carbocycles. The highest BCUT2D eigenvalue weighted by Crippen LogP contribution is 2.26. The van der Waals surface area contributed by atoms with Gasteiger partial charge >= 0.3 is 0 Å². The lowest BCUT2D eigenvalue weighted by molar-refractivity contribution is 0.145. The van der Waals surface area contributed by atoms with Crippen LogP contribution in [0, 0.1) is 11.6 Å². The smallest absolute Gasteiger partial charge is 0.267 e. The third kappa shape index (κ3) is 7.58. The number of sulfonamides is 1. The average molecular weight is 595 g/mol. The molecule has 0 bridgehead atoms. The Hall–Kier alpha value is -4.13. The molecule has 12 heteroatoms. The van der Waals surface area contributed by atoms with Crippen LogP contribution in [-0.4, -0.2) is 74.6 Å². The number of hydrogen-bond acceptors (Lipinski definition) is 8. The Morgan fingerprint density at radius 3 is 2.24 bits per heavy atom. The number of rotatable bonds is 11. The minimum absolute atomic E-state index is 0.146. The van der Waals surface area contributed by atoms with Crippen LogP contribution >= 0.6 is 0 Å². The number of halogens is 2. The van der Waals surface area contributed by atoms with E-state index in [0.29, 0.717) is 23.8 Å². The normalized spacial score (nSPS) is 14.5. The number of anilines is 3. The molecule has 1 aliphatic heterocycles. The minimum Gasteiger partial charge on any atom is -0.494 e. The maximum absolute atomic E-state index is 14.0. The molecule has 0 aliphatic carbocycles. The summed E-state index contributed by atoms with van der Waals surface area (Å²) in [5, 5.41) is 3.15. The molecule has 0 atom stereocenters. The van der Waals surface area contributed by atoms with Gasteiger partial charge in [-0.1, -0.05) is 6.07 Å². The summed E-state index contributed by atoms with van der Waals surface area (Å²) in [5.41, 5.74) is 2.38. The molecule has 1 saturated heterocycles. The van der Waals surface area contributed by atoms with Crippen molar-refractivity contribution in [3.8, 4) is 17.0 Å². The van der Waals surface area contributed by atoms with Gasteiger partial charge < -0.3 is 19.9 Å². The van der Waals surface area contributed by atoms with Gasteiger partial charge in [-0.05, 0) is 74.1 Å². The second-order valence-corrected chi connectivity index (χ2v) is 11.6. The zero-order valence-corrected chi connectivity index (χ0v) is 23.9.